The van der Waals surface area contributed by atoms with E-state index in [0.29, 0.717) is 25.2 Å². The third-order valence-electron chi connectivity index (χ3n) is 8.62. The van der Waals surface area contributed by atoms with E-state index in [4.69, 9.17) is 29.4 Å². The van der Waals surface area contributed by atoms with E-state index in [2.05, 4.69) is 37.2 Å². The Labute approximate surface area is 359 Å². The molecule has 1 aromatic rings. The molecule has 0 fully saturated rings. The van der Waals surface area contributed by atoms with Crippen LogP contribution in [0, 0.1) is 5.92 Å². The number of ether oxygens (including phenoxy) is 5. The van der Waals surface area contributed by atoms with Crippen LogP contribution < -0.4 is 47.7 Å². The summed E-state index contributed by atoms with van der Waals surface area (Å²) >= 11 is 0. The molecule has 0 bridgehead atoms. The molecule has 1 heterocycles. The van der Waals surface area contributed by atoms with E-state index in [0.717, 1.165) is 17.1 Å². The molecule has 0 aliphatic carbocycles. The highest BCUT2D eigenvalue weighted by molar-refractivity contribution is 6.13. The van der Waals surface area contributed by atoms with Crippen molar-refractivity contribution in [2.75, 3.05) is 85.3 Å². The van der Waals surface area contributed by atoms with Crippen LogP contribution >= 0.6 is 0 Å². The van der Waals surface area contributed by atoms with E-state index in [1.807, 2.05) is 0 Å². The Kier molecular flexibility index (Phi) is 24.2. The summed E-state index contributed by atoms with van der Waals surface area (Å²) in [6.45, 7) is 3.93. The third-order valence-corrected chi connectivity index (χ3v) is 8.62. The second kappa shape index (κ2) is 29.0. The third kappa shape index (κ3) is 20.8. The molecule has 10 amide bonds. The van der Waals surface area contributed by atoms with Gasteiger partial charge in [0, 0.05) is 76.2 Å². The molecule has 23 nitrogen and oxygen atoms in total. The van der Waals surface area contributed by atoms with E-state index < -0.39 is 72.2 Å². The maximum absolute atomic E-state index is 13.7. The van der Waals surface area contributed by atoms with Crippen LogP contribution in [0.4, 0.5) is 15.3 Å². The summed E-state index contributed by atoms with van der Waals surface area (Å²) in [5.74, 6) is -4.05. The lowest BCUT2D eigenvalue weighted by Crippen LogP contribution is -2.55. The minimum absolute atomic E-state index is 0.0480. The Hall–Kier alpha value is -6.33. The van der Waals surface area contributed by atoms with Crippen molar-refractivity contribution in [2.45, 2.75) is 58.2 Å². The standard InChI is InChI=1S/C39H59N9O14/c1-25(2)35(47-32(51)23-60-20-19-59-18-17-58-4)37(55)46-28(7-5-13-44-38(40)56)36(54)45-27-9-8-26(22-62-39(57)41-3)29(21-27)61-24-31(50)43-15-6-14-42-30(49)12-16-48-33(52)10-11-34(48)53/h8-11,21,25,28,35H,5-7,12-20,22-24H2,1-4H3,(H,41,57)(H,42,49)(H,43,50)(H,45,54)(H,46,55)(H,47,51)(H3,40,44,56)/t28-,35?/m0/s1. The number of alkyl carbamates (subject to hydrolysis) is 1. The number of benzene rings is 1. The number of carbonyl (C=O) groups is 9. The number of urea groups is 1. The molecular formula is C39H59N9O14. The lowest BCUT2D eigenvalue weighted by molar-refractivity contribution is -0.137. The first-order chi connectivity index (χ1) is 29.6. The van der Waals surface area contributed by atoms with Crippen molar-refractivity contribution < 1.29 is 66.8 Å². The molecule has 1 aromatic carbocycles. The first kappa shape index (κ1) is 51.8. The molecule has 0 saturated heterocycles. The average Bonchev–Trinajstić information content (AvgIpc) is 3.56. The molecule has 0 aromatic heterocycles. The van der Waals surface area contributed by atoms with Crippen LogP contribution in [0.15, 0.2) is 30.4 Å². The Balaban J connectivity index is 2.05. The van der Waals surface area contributed by atoms with Gasteiger partial charge in [0.15, 0.2) is 6.61 Å². The molecule has 9 N–H and O–H groups in total. The van der Waals surface area contributed by atoms with Crippen LogP contribution in [0.25, 0.3) is 0 Å². The van der Waals surface area contributed by atoms with E-state index in [1.54, 1.807) is 21.0 Å². The van der Waals surface area contributed by atoms with Crippen LogP contribution in [0.1, 0.15) is 45.1 Å². The SMILES string of the molecule is CNC(=O)OCc1ccc(NC(=O)[C@H](CCCNC(N)=O)NC(=O)C(NC(=O)COCCOCCOC)C(C)C)cc1OCC(=O)NCCCNC(=O)CCN1C(=O)C=CC1=O. The van der Waals surface area contributed by atoms with Crippen molar-refractivity contribution >= 4 is 59.2 Å². The van der Waals surface area contributed by atoms with Gasteiger partial charge in [0.2, 0.25) is 23.6 Å². The zero-order valence-electron chi connectivity index (χ0n) is 35.5. The molecule has 1 aliphatic heterocycles. The summed E-state index contributed by atoms with van der Waals surface area (Å²) in [5, 5.41) is 18.1. The summed E-state index contributed by atoms with van der Waals surface area (Å²) in [7, 11) is 2.92. The molecule has 0 spiro atoms. The predicted molar refractivity (Wildman–Crippen MR) is 220 cm³/mol. The number of rotatable bonds is 30. The summed E-state index contributed by atoms with van der Waals surface area (Å²) in [6, 6.07) is 1.42. The zero-order valence-corrected chi connectivity index (χ0v) is 35.5. The summed E-state index contributed by atoms with van der Waals surface area (Å²) in [6.07, 6.45) is 2.10. The molecule has 1 aliphatic rings. The highest BCUT2D eigenvalue weighted by Gasteiger charge is 2.29. The number of nitrogens with zero attached hydrogens (tertiary/aromatic N) is 1. The van der Waals surface area contributed by atoms with Gasteiger partial charge in [-0.05, 0) is 37.3 Å². The maximum atomic E-state index is 13.7. The second-order valence-electron chi connectivity index (χ2n) is 13.8. The number of primary amides is 1. The van der Waals surface area contributed by atoms with Gasteiger partial charge >= 0.3 is 12.1 Å². The van der Waals surface area contributed by atoms with E-state index >= 15 is 0 Å². The maximum Gasteiger partial charge on any atom is 0.407 e. The fourth-order valence-corrected chi connectivity index (χ4v) is 5.35. The number of carbonyl (C=O) groups excluding carboxylic acids is 9. The molecule has 0 radical (unpaired) electrons. The van der Waals surface area contributed by atoms with Gasteiger partial charge < -0.3 is 66.6 Å². The van der Waals surface area contributed by atoms with Crippen LogP contribution in [0.5, 0.6) is 5.75 Å². The van der Waals surface area contributed by atoms with Gasteiger partial charge in [-0.2, -0.15) is 0 Å². The van der Waals surface area contributed by atoms with Crippen LogP contribution in [-0.4, -0.2) is 150 Å². The van der Waals surface area contributed by atoms with E-state index in [9.17, 15) is 43.2 Å². The highest BCUT2D eigenvalue weighted by atomic mass is 16.6. The number of amides is 10. The average molecular weight is 878 g/mol. The normalized spacial score (nSPS) is 12.9. The number of methoxy groups -OCH3 is 1. The summed E-state index contributed by atoms with van der Waals surface area (Å²) in [4.78, 5) is 112. The number of hydrogen-bond acceptors (Lipinski definition) is 14. The quantitative estimate of drug-likeness (QED) is 0.0324. The van der Waals surface area contributed by atoms with Crippen LogP contribution in [-0.2, 0) is 59.1 Å². The lowest BCUT2D eigenvalue weighted by Gasteiger charge is -2.25. The van der Waals surface area contributed by atoms with Crippen molar-refractivity contribution in [3.05, 3.63) is 35.9 Å². The summed E-state index contributed by atoms with van der Waals surface area (Å²) in [5.41, 5.74) is 5.70. The van der Waals surface area contributed by atoms with Gasteiger partial charge in [-0.15, -0.1) is 0 Å². The fraction of sp³-hybridized carbons (Fsp3) is 0.564. The van der Waals surface area contributed by atoms with Crippen molar-refractivity contribution in [2.24, 2.45) is 11.7 Å². The topological polar surface area (TPSA) is 313 Å². The number of anilines is 1. The predicted octanol–water partition coefficient (Wildman–Crippen LogP) is -1.45. The molecule has 344 valence electrons. The van der Waals surface area contributed by atoms with Gasteiger partial charge in [-0.3, -0.25) is 38.5 Å². The zero-order chi connectivity index (χ0) is 45.9. The second-order valence-corrected chi connectivity index (χ2v) is 13.8. The van der Waals surface area contributed by atoms with Crippen molar-refractivity contribution in [3.63, 3.8) is 0 Å². The molecule has 2 atom stereocenters. The van der Waals surface area contributed by atoms with E-state index in [1.165, 1.54) is 25.2 Å². The number of nitrogens with two attached hydrogens (primary N) is 1. The number of imide groups is 1. The number of hydrogen-bond donors (Lipinski definition) is 8. The first-order valence-corrected chi connectivity index (χ1v) is 19.9. The molecule has 1 unspecified atom stereocenters. The van der Waals surface area contributed by atoms with Crippen LogP contribution in [0.2, 0.25) is 0 Å². The van der Waals surface area contributed by atoms with Gasteiger partial charge in [0.05, 0.1) is 26.4 Å². The van der Waals surface area contributed by atoms with Crippen molar-refractivity contribution in [1.82, 2.24) is 36.8 Å². The monoisotopic (exact) mass is 877 g/mol. The minimum Gasteiger partial charge on any atom is -0.483 e. The van der Waals surface area contributed by atoms with Gasteiger partial charge in [0.1, 0.15) is 31.0 Å². The van der Waals surface area contributed by atoms with E-state index in [-0.39, 0.29) is 89.2 Å². The smallest absolute Gasteiger partial charge is 0.407 e. The minimum atomic E-state index is -1.16. The van der Waals surface area contributed by atoms with Crippen LogP contribution in [0.3, 0.4) is 0 Å². The Morgan fingerprint density at radius 2 is 1.44 bits per heavy atom. The largest absolute Gasteiger partial charge is 0.483 e. The summed E-state index contributed by atoms with van der Waals surface area (Å²) < 4.78 is 26.5. The molecule has 2 rings (SSSR count). The highest BCUT2D eigenvalue weighted by Crippen LogP contribution is 2.25. The molecule has 0 saturated carbocycles. The molecular weight excluding hydrogens is 818 g/mol. The molecule has 62 heavy (non-hydrogen) atoms. The van der Waals surface area contributed by atoms with Crippen molar-refractivity contribution in [3.8, 4) is 5.75 Å². The molecule has 23 heteroatoms. The lowest BCUT2D eigenvalue weighted by atomic mass is 10.0. The first-order valence-electron chi connectivity index (χ1n) is 19.9. The van der Waals surface area contributed by atoms with Gasteiger partial charge in [-0.1, -0.05) is 13.8 Å². The van der Waals surface area contributed by atoms with Crippen molar-refractivity contribution in [1.29, 1.82) is 0 Å². The van der Waals surface area contributed by atoms with Gasteiger partial charge in [-0.25, -0.2) is 9.59 Å². The fourth-order valence-electron chi connectivity index (χ4n) is 5.35. The number of nitrogens with one attached hydrogen (secondary N) is 7. The Bertz CT molecular complexity index is 1710. The Morgan fingerprint density at radius 1 is 0.774 bits per heavy atom. The van der Waals surface area contributed by atoms with Gasteiger partial charge in [0.25, 0.3) is 17.7 Å². The Morgan fingerprint density at radius 3 is 2.10 bits per heavy atom.